The minimum absolute atomic E-state index is 0.217. The van der Waals surface area contributed by atoms with E-state index in [2.05, 4.69) is 9.38 Å². The van der Waals surface area contributed by atoms with Gasteiger partial charge in [-0.2, -0.15) is 0 Å². The summed E-state index contributed by atoms with van der Waals surface area (Å²) in [4.78, 5) is 4.69. The van der Waals surface area contributed by atoms with Crippen LogP contribution in [0.2, 0.25) is 0 Å². The van der Waals surface area contributed by atoms with Gasteiger partial charge in [-0.1, -0.05) is 18.2 Å². The molecule has 0 bridgehead atoms. The van der Waals surface area contributed by atoms with Gasteiger partial charge in [0.05, 0.1) is 11.2 Å². The van der Waals surface area contributed by atoms with Crippen LogP contribution in [0, 0.1) is 5.82 Å². The van der Waals surface area contributed by atoms with Gasteiger partial charge in [0.15, 0.2) is 0 Å². The Morgan fingerprint density at radius 3 is 2.65 bits per heavy atom. The zero-order valence-electron chi connectivity index (χ0n) is 11.1. The number of hydrogen-bond donors (Lipinski definition) is 1. The van der Waals surface area contributed by atoms with E-state index in [1.54, 1.807) is 12.1 Å². The average molecular weight is 269 g/mol. The Morgan fingerprint density at radius 2 is 1.90 bits per heavy atom. The van der Waals surface area contributed by atoms with Crippen LogP contribution in [0.1, 0.15) is 17.1 Å². The quantitative estimate of drug-likeness (QED) is 0.791. The molecule has 0 fully saturated rings. The second kappa shape index (κ2) is 5.43. The molecule has 2 heterocycles. The summed E-state index contributed by atoms with van der Waals surface area (Å²) in [5, 5.41) is 0. The number of aromatic nitrogens is 2. The Bertz CT molecular complexity index is 716. The molecule has 3 nitrogen and oxygen atoms in total. The van der Waals surface area contributed by atoms with Crippen molar-refractivity contribution in [2.45, 2.75) is 12.8 Å². The molecule has 0 unspecified atom stereocenters. The van der Waals surface area contributed by atoms with Gasteiger partial charge in [-0.3, -0.25) is 0 Å². The van der Waals surface area contributed by atoms with Crippen LogP contribution in [0.3, 0.4) is 0 Å². The number of hydrogen-bond acceptors (Lipinski definition) is 2. The molecule has 4 heteroatoms. The van der Waals surface area contributed by atoms with Crippen LogP contribution >= 0.6 is 0 Å². The van der Waals surface area contributed by atoms with Gasteiger partial charge < -0.3 is 10.1 Å². The highest BCUT2D eigenvalue weighted by atomic mass is 19.1. The topological polar surface area (TPSA) is 43.3 Å². The molecule has 0 aliphatic heterocycles. The van der Waals surface area contributed by atoms with Crippen LogP contribution in [0.5, 0.6) is 0 Å². The fourth-order valence-electron chi connectivity index (χ4n) is 2.40. The molecular weight excluding hydrogens is 253 g/mol. The van der Waals surface area contributed by atoms with E-state index < -0.39 is 0 Å². The lowest BCUT2D eigenvalue weighted by Gasteiger charge is -2.01. The standard InChI is InChI=1S/C16H16FN3/c17-13-6-4-12(5-7-13)11-16-19-14(8-9-18)15-3-1-2-10-20(15)16/h1-7,10H,8-9,11,18H2. The monoisotopic (exact) mass is 269 g/mol. The SMILES string of the molecule is NCCc1nc(Cc2ccc(F)cc2)n2ccccc12. The van der Waals surface area contributed by atoms with Gasteiger partial charge in [0.1, 0.15) is 11.6 Å². The number of imidazole rings is 1. The van der Waals surface area contributed by atoms with E-state index in [0.29, 0.717) is 13.0 Å². The van der Waals surface area contributed by atoms with Crippen LogP contribution in [0.15, 0.2) is 48.7 Å². The predicted molar refractivity (Wildman–Crippen MR) is 77.2 cm³/mol. The number of fused-ring (bicyclic) bond motifs is 1. The molecule has 2 aromatic heterocycles. The first-order valence-corrected chi connectivity index (χ1v) is 6.67. The van der Waals surface area contributed by atoms with Crippen LogP contribution in [0.25, 0.3) is 5.52 Å². The van der Waals surface area contributed by atoms with Gasteiger partial charge in [0.2, 0.25) is 0 Å². The molecule has 0 radical (unpaired) electrons. The van der Waals surface area contributed by atoms with Crippen LogP contribution in [-0.2, 0) is 12.8 Å². The van der Waals surface area contributed by atoms with Gasteiger partial charge in [0, 0.05) is 19.0 Å². The smallest absolute Gasteiger partial charge is 0.123 e. The summed E-state index contributed by atoms with van der Waals surface area (Å²) in [6.07, 6.45) is 3.44. The molecule has 2 N–H and O–H groups in total. The van der Waals surface area contributed by atoms with Crippen LogP contribution < -0.4 is 5.73 Å². The molecule has 20 heavy (non-hydrogen) atoms. The lowest BCUT2D eigenvalue weighted by Crippen LogP contribution is -2.03. The average Bonchev–Trinajstić information content (AvgIpc) is 2.81. The highest BCUT2D eigenvalue weighted by molar-refractivity contribution is 5.53. The molecule has 0 saturated carbocycles. The Kier molecular flexibility index (Phi) is 3.48. The Balaban J connectivity index is 2.00. The molecule has 1 aromatic carbocycles. The molecular formula is C16H16FN3. The number of pyridine rings is 1. The summed E-state index contributed by atoms with van der Waals surface area (Å²) in [6, 6.07) is 12.6. The molecule has 0 atom stereocenters. The first-order chi connectivity index (χ1) is 9.78. The molecule has 0 spiro atoms. The summed E-state index contributed by atoms with van der Waals surface area (Å²) < 4.78 is 15.0. The van der Waals surface area contributed by atoms with E-state index in [9.17, 15) is 4.39 Å². The Hall–Kier alpha value is -2.20. The van der Waals surface area contributed by atoms with Crippen molar-refractivity contribution in [1.29, 1.82) is 0 Å². The Labute approximate surface area is 116 Å². The molecule has 0 amide bonds. The van der Waals surface area contributed by atoms with E-state index in [4.69, 9.17) is 5.73 Å². The zero-order chi connectivity index (χ0) is 13.9. The first kappa shape index (κ1) is 12.8. The van der Waals surface area contributed by atoms with Crippen LogP contribution in [-0.4, -0.2) is 15.9 Å². The maximum Gasteiger partial charge on any atom is 0.123 e. The third kappa shape index (κ3) is 2.42. The van der Waals surface area contributed by atoms with Crippen molar-refractivity contribution in [3.8, 4) is 0 Å². The third-order valence-electron chi connectivity index (χ3n) is 3.35. The van der Waals surface area contributed by atoms with Crippen molar-refractivity contribution >= 4 is 5.52 Å². The van der Waals surface area contributed by atoms with Gasteiger partial charge in [-0.05, 0) is 36.4 Å². The van der Waals surface area contributed by atoms with Gasteiger partial charge in [0.25, 0.3) is 0 Å². The summed E-state index contributed by atoms with van der Waals surface area (Å²) in [6.45, 7) is 0.581. The van der Waals surface area contributed by atoms with E-state index in [0.717, 1.165) is 29.0 Å². The number of nitrogens with zero attached hydrogens (tertiary/aromatic N) is 2. The molecule has 0 saturated heterocycles. The van der Waals surface area contributed by atoms with Crippen molar-refractivity contribution in [3.05, 3.63) is 71.6 Å². The molecule has 0 aliphatic rings. The maximum absolute atomic E-state index is 12.9. The number of halogens is 1. The third-order valence-corrected chi connectivity index (χ3v) is 3.35. The van der Waals surface area contributed by atoms with Crippen molar-refractivity contribution in [3.63, 3.8) is 0 Å². The Morgan fingerprint density at radius 1 is 1.10 bits per heavy atom. The lowest BCUT2D eigenvalue weighted by atomic mass is 10.1. The van der Waals surface area contributed by atoms with Crippen molar-refractivity contribution in [2.24, 2.45) is 5.73 Å². The highest BCUT2D eigenvalue weighted by Crippen LogP contribution is 2.16. The van der Waals surface area contributed by atoms with E-state index in [1.807, 2.05) is 24.4 Å². The van der Waals surface area contributed by atoms with Crippen molar-refractivity contribution in [2.75, 3.05) is 6.54 Å². The number of nitrogens with two attached hydrogens (primary N) is 1. The normalized spacial score (nSPS) is 11.1. The van der Waals surface area contributed by atoms with Gasteiger partial charge in [-0.15, -0.1) is 0 Å². The van der Waals surface area contributed by atoms with Crippen molar-refractivity contribution in [1.82, 2.24) is 9.38 Å². The lowest BCUT2D eigenvalue weighted by molar-refractivity contribution is 0.627. The second-order valence-corrected chi connectivity index (χ2v) is 4.77. The summed E-state index contributed by atoms with van der Waals surface area (Å²) in [7, 11) is 0. The second-order valence-electron chi connectivity index (χ2n) is 4.77. The fourth-order valence-corrected chi connectivity index (χ4v) is 2.40. The van der Waals surface area contributed by atoms with Crippen molar-refractivity contribution < 1.29 is 4.39 Å². The van der Waals surface area contributed by atoms with Gasteiger partial charge in [-0.25, -0.2) is 9.37 Å². The molecule has 3 aromatic rings. The summed E-state index contributed by atoms with van der Waals surface area (Å²) in [5.74, 6) is 0.737. The minimum Gasteiger partial charge on any atom is -0.330 e. The number of rotatable bonds is 4. The zero-order valence-corrected chi connectivity index (χ0v) is 11.1. The number of benzene rings is 1. The molecule has 0 aliphatic carbocycles. The first-order valence-electron chi connectivity index (χ1n) is 6.67. The fraction of sp³-hybridized carbons (Fsp3) is 0.188. The largest absolute Gasteiger partial charge is 0.330 e. The summed E-state index contributed by atoms with van der Waals surface area (Å²) >= 11 is 0. The predicted octanol–water partition coefficient (Wildman–Crippen LogP) is 2.57. The summed E-state index contributed by atoms with van der Waals surface area (Å²) in [5.41, 5.74) is 8.79. The minimum atomic E-state index is -0.217. The van der Waals surface area contributed by atoms with E-state index in [1.165, 1.54) is 12.1 Å². The highest BCUT2D eigenvalue weighted by Gasteiger charge is 2.10. The van der Waals surface area contributed by atoms with E-state index >= 15 is 0 Å². The maximum atomic E-state index is 12.9. The molecule has 3 rings (SSSR count). The van der Waals surface area contributed by atoms with Gasteiger partial charge >= 0.3 is 0 Å². The molecule has 102 valence electrons. The van der Waals surface area contributed by atoms with E-state index in [-0.39, 0.29) is 5.82 Å². The van der Waals surface area contributed by atoms with Crippen LogP contribution in [0.4, 0.5) is 4.39 Å².